The van der Waals surface area contributed by atoms with Gasteiger partial charge in [-0.1, -0.05) is 49.7 Å². The molecule has 2 atom stereocenters. The minimum absolute atomic E-state index is 0.127. The van der Waals surface area contributed by atoms with E-state index in [2.05, 4.69) is 31.2 Å². The lowest BCUT2D eigenvalue weighted by atomic mass is 9.76. The van der Waals surface area contributed by atoms with Crippen LogP contribution >= 0.6 is 0 Å². The van der Waals surface area contributed by atoms with Crippen molar-refractivity contribution >= 4 is 0 Å². The zero-order valence-electron chi connectivity index (χ0n) is 18.3. The maximum atomic E-state index is 14.4. The molecular weight excluding hydrogens is 378 g/mol. The highest BCUT2D eigenvalue weighted by atomic mass is 19.2. The third-order valence-corrected chi connectivity index (χ3v) is 7.32. The Balaban J connectivity index is 1.34. The van der Waals surface area contributed by atoms with Gasteiger partial charge >= 0.3 is 0 Å². The molecule has 3 heteroatoms. The Morgan fingerprint density at radius 2 is 1.47 bits per heavy atom. The molecule has 1 aliphatic carbocycles. The summed E-state index contributed by atoms with van der Waals surface area (Å²) in [6, 6.07) is 12.5. The van der Waals surface area contributed by atoms with Crippen molar-refractivity contribution in [3.63, 3.8) is 0 Å². The van der Waals surface area contributed by atoms with Crippen molar-refractivity contribution in [3.05, 3.63) is 70.3 Å². The molecule has 0 bridgehead atoms. The largest absolute Gasteiger partial charge is 0.373 e. The van der Waals surface area contributed by atoms with Crippen LogP contribution in [0.15, 0.2) is 36.4 Å². The summed E-state index contributed by atoms with van der Waals surface area (Å²) in [6.07, 6.45) is 9.01. The van der Waals surface area contributed by atoms with E-state index in [1.54, 1.807) is 19.1 Å². The standard InChI is InChI=1S/C27H34F2O/c1-3-4-19-6-16-25(30-17-19)23-13-9-21(10-14-23)20-7-11-22(12-8-20)24-15-5-18(2)26(28)27(24)29/h5,9-10,13-15,19-20,22,25H,3-4,6-8,11-12,16-17H2,1-2H3. The molecule has 30 heavy (non-hydrogen) atoms. The van der Waals surface area contributed by atoms with Gasteiger partial charge in [0.05, 0.1) is 12.7 Å². The van der Waals surface area contributed by atoms with E-state index in [0.29, 0.717) is 17.0 Å². The predicted molar refractivity (Wildman–Crippen MR) is 118 cm³/mol. The fourth-order valence-electron chi connectivity index (χ4n) is 5.40. The smallest absolute Gasteiger partial charge is 0.162 e. The second-order valence-electron chi connectivity index (χ2n) is 9.37. The Labute approximate surface area is 179 Å². The molecule has 0 aromatic heterocycles. The highest BCUT2D eigenvalue weighted by Crippen LogP contribution is 2.42. The van der Waals surface area contributed by atoms with Gasteiger partial charge < -0.3 is 4.74 Å². The molecule has 1 saturated heterocycles. The minimum atomic E-state index is -0.684. The van der Waals surface area contributed by atoms with Crippen molar-refractivity contribution in [2.45, 2.75) is 83.2 Å². The number of ether oxygens (including phenoxy) is 1. The van der Waals surface area contributed by atoms with Gasteiger partial charge in [-0.3, -0.25) is 0 Å². The second-order valence-corrected chi connectivity index (χ2v) is 9.37. The first-order valence-corrected chi connectivity index (χ1v) is 11.7. The first-order valence-electron chi connectivity index (χ1n) is 11.7. The third-order valence-electron chi connectivity index (χ3n) is 7.32. The van der Waals surface area contributed by atoms with E-state index in [0.717, 1.165) is 44.6 Å². The summed E-state index contributed by atoms with van der Waals surface area (Å²) in [5, 5.41) is 0. The monoisotopic (exact) mass is 412 g/mol. The summed E-state index contributed by atoms with van der Waals surface area (Å²) in [5.74, 6) is 0.0392. The quantitative estimate of drug-likeness (QED) is 0.484. The van der Waals surface area contributed by atoms with Crippen LogP contribution in [-0.4, -0.2) is 6.61 Å². The number of hydrogen-bond donors (Lipinski definition) is 0. The summed E-state index contributed by atoms with van der Waals surface area (Å²) >= 11 is 0. The Bertz CT molecular complexity index is 829. The summed E-state index contributed by atoms with van der Waals surface area (Å²) in [6.45, 7) is 4.75. The number of aryl methyl sites for hydroxylation is 1. The SMILES string of the molecule is CCCC1CCC(c2ccc(C3CCC(c4ccc(C)c(F)c4F)CC3)cc2)OC1. The lowest BCUT2D eigenvalue weighted by Crippen LogP contribution is -2.20. The lowest BCUT2D eigenvalue weighted by molar-refractivity contribution is -0.0194. The van der Waals surface area contributed by atoms with E-state index in [-0.39, 0.29) is 12.0 Å². The van der Waals surface area contributed by atoms with E-state index in [1.807, 2.05) is 0 Å². The Hall–Kier alpha value is -1.74. The fourth-order valence-corrected chi connectivity index (χ4v) is 5.40. The van der Waals surface area contributed by atoms with E-state index in [4.69, 9.17) is 4.74 Å². The molecule has 0 N–H and O–H groups in total. The number of rotatable bonds is 5. The van der Waals surface area contributed by atoms with E-state index in [9.17, 15) is 8.78 Å². The Morgan fingerprint density at radius 1 is 0.800 bits per heavy atom. The summed E-state index contributed by atoms with van der Waals surface area (Å²) in [4.78, 5) is 0. The molecule has 0 radical (unpaired) electrons. The normalized spacial score (nSPS) is 27.2. The number of halogens is 2. The molecule has 1 aliphatic heterocycles. The molecule has 1 nitrogen and oxygen atoms in total. The van der Waals surface area contributed by atoms with Crippen molar-refractivity contribution in [2.75, 3.05) is 6.61 Å². The molecule has 2 aromatic carbocycles. The van der Waals surface area contributed by atoms with Crippen LogP contribution in [0.2, 0.25) is 0 Å². The van der Waals surface area contributed by atoms with Crippen LogP contribution in [0.25, 0.3) is 0 Å². The Morgan fingerprint density at radius 3 is 2.10 bits per heavy atom. The van der Waals surface area contributed by atoms with Crippen LogP contribution in [0.5, 0.6) is 0 Å². The van der Waals surface area contributed by atoms with Gasteiger partial charge in [0.1, 0.15) is 0 Å². The van der Waals surface area contributed by atoms with Crippen LogP contribution in [0.4, 0.5) is 8.78 Å². The van der Waals surface area contributed by atoms with Crippen molar-refractivity contribution < 1.29 is 13.5 Å². The first kappa shape index (κ1) is 21.5. The van der Waals surface area contributed by atoms with E-state index < -0.39 is 11.6 Å². The van der Waals surface area contributed by atoms with Gasteiger partial charge in [0.2, 0.25) is 0 Å². The molecule has 2 fully saturated rings. The number of hydrogen-bond acceptors (Lipinski definition) is 1. The molecule has 2 aliphatic rings. The molecule has 2 unspecified atom stereocenters. The highest BCUT2D eigenvalue weighted by Gasteiger charge is 2.27. The fraction of sp³-hybridized carbons (Fsp3) is 0.556. The van der Waals surface area contributed by atoms with Crippen molar-refractivity contribution in [1.29, 1.82) is 0 Å². The molecule has 1 heterocycles. The van der Waals surface area contributed by atoms with Crippen LogP contribution in [0.3, 0.4) is 0 Å². The van der Waals surface area contributed by atoms with Gasteiger partial charge in [0.15, 0.2) is 11.6 Å². The predicted octanol–water partition coefficient (Wildman–Crippen LogP) is 7.98. The van der Waals surface area contributed by atoms with Crippen LogP contribution < -0.4 is 0 Å². The Kier molecular flexibility index (Phi) is 6.87. The first-order chi connectivity index (χ1) is 14.6. The van der Waals surface area contributed by atoms with Crippen molar-refractivity contribution in [3.8, 4) is 0 Å². The van der Waals surface area contributed by atoms with Crippen LogP contribution in [0.1, 0.15) is 98.5 Å². The average molecular weight is 413 g/mol. The minimum Gasteiger partial charge on any atom is -0.373 e. The van der Waals surface area contributed by atoms with Crippen LogP contribution in [-0.2, 0) is 4.74 Å². The van der Waals surface area contributed by atoms with Gasteiger partial charge in [-0.25, -0.2) is 8.78 Å². The zero-order chi connectivity index (χ0) is 21.1. The molecule has 0 spiro atoms. The van der Waals surface area contributed by atoms with Gasteiger partial charge in [-0.05, 0) is 91.9 Å². The summed E-state index contributed by atoms with van der Waals surface area (Å²) in [5.41, 5.74) is 3.60. The summed E-state index contributed by atoms with van der Waals surface area (Å²) < 4.78 is 34.5. The van der Waals surface area contributed by atoms with Gasteiger partial charge in [0.25, 0.3) is 0 Å². The van der Waals surface area contributed by atoms with E-state index in [1.165, 1.54) is 30.4 Å². The number of benzene rings is 2. The molecule has 162 valence electrons. The van der Waals surface area contributed by atoms with Crippen molar-refractivity contribution in [2.24, 2.45) is 5.92 Å². The highest BCUT2D eigenvalue weighted by molar-refractivity contribution is 5.31. The molecule has 1 saturated carbocycles. The molecule has 0 amide bonds. The van der Waals surface area contributed by atoms with Gasteiger partial charge in [-0.15, -0.1) is 0 Å². The second kappa shape index (κ2) is 9.60. The molecule has 2 aromatic rings. The zero-order valence-corrected chi connectivity index (χ0v) is 18.3. The van der Waals surface area contributed by atoms with Gasteiger partial charge in [-0.2, -0.15) is 0 Å². The average Bonchev–Trinajstić information content (AvgIpc) is 2.79. The topological polar surface area (TPSA) is 9.23 Å². The van der Waals surface area contributed by atoms with Crippen LogP contribution in [0, 0.1) is 24.5 Å². The molecule has 4 rings (SSSR count). The third kappa shape index (κ3) is 4.61. The maximum absolute atomic E-state index is 14.4. The van der Waals surface area contributed by atoms with Gasteiger partial charge in [0, 0.05) is 0 Å². The van der Waals surface area contributed by atoms with E-state index >= 15 is 0 Å². The lowest BCUT2D eigenvalue weighted by Gasteiger charge is -2.31. The summed E-state index contributed by atoms with van der Waals surface area (Å²) in [7, 11) is 0. The maximum Gasteiger partial charge on any atom is 0.162 e. The molecular formula is C27H34F2O. The van der Waals surface area contributed by atoms with Crippen molar-refractivity contribution in [1.82, 2.24) is 0 Å².